The smallest absolute Gasteiger partial charge is 0.0314 e. The zero-order chi connectivity index (χ0) is 22.5. The van der Waals surface area contributed by atoms with Crippen LogP contribution in [0.15, 0.2) is 78.4 Å². The lowest BCUT2D eigenvalue weighted by Crippen LogP contribution is -2.17. The monoisotopic (exact) mass is 411 g/mol. The van der Waals surface area contributed by atoms with Crippen molar-refractivity contribution >= 4 is 5.69 Å². The van der Waals surface area contributed by atoms with Crippen LogP contribution in [0, 0.1) is 11.8 Å². The number of hydrogen-bond donors (Lipinski definition) is 1. The van der Waals surface area contributed by atoms with Crippen LogP contribution < -0.4 is 5.73 Å². The first-order valence-electron chi connectivity index (χ1n) is 11.6. The van der Waals surface area contributed by atoms with E-state index < -0.39 is 0 Å². The molecule has 0 amide bonds. The van der Waals surface area contributed by atoms with Gasteiger partial charge in [-0.1, -0.05) is 93.9 Å². The van der Waals surface area contributed by atoms with Gasteiger partial charge in [-0.05, 0) is 77.6 Å². The molecule has 2 unspecified atom stereocenters. The van der Waals surface area contributed by atoms with Gasteiger partial charge in [0.15, 0.2) is 0 Å². The summed E-state index contributed by atoms with van der Waals surface area (Å²) in [5, 5.41) is 0. The first-order valence-corrected chi connectivity index (χ1v) is 11.6. The molecule has 0 aromatic heterocycles. The minimum absolute atomic E-state index is 0.365. The highest BCUT2D eigenvalue weighted by Crippen LogP contribution is 2.43. The third kappa shape index (κ3) is 5.10. The number of rotatable bonds is 7. The first kappa shape index (κ1) is 22.9. The Morgan fingerprint density at radius 2 is 1.39 bits per heavy atom. The largest absolute Gasteiger partial charge is 0.399 e. The van der Waals surface area contributed by atoms with Gasteiger partial charge in [0.1, 0.15) is 0 Å². The zero-order valence-corrected chi connectivity index (χ0v) is 19.9. The second-order valence-corrected chi connectivity index (χ2v) is 9.27. The van der Waals surface area contributed by atoms with Crippen LogP contribution in [0.4, 0.5) is 5.69 Å². The fraction of sp³-hybridized carbons (Fsp3) is 0.333. The van der Waals surface area contributed by atoms with Crippen LogP contribution in [0.1, 0.15) is 58.6 Å². The summed E-state index contributed by atoms with van der Waals surface area (Å²) in [5.74, 6) is 1.49. The van der Waals surface area contributed by atoms with Crippen molar-refractivity contribution in [3.63, 3.8) is 0 Å². The summed E-state index contributed by atoms with van der Waals surface area (Å²) in [6.45, 7) is 13.8. The van der Waals surface area contributed by atoms with Crippen LogP contribution in [0.2, 0.25) is 0 Å². The van der Waals surface area contributed by atoms with E-state index in [1.54, 1.807) is 0 Å². The molecule has 3 rings (SSSR count). The number of hydrogen-bond acceptors (Lipinski definition) is 1. The number of allylic oxidation sites excluding steroid dienone is 2. The van der Waals surface area contributed by atoms with Crippen LogP contribution in [0.3, 0.4) is 0 Å². The fourth-order valence-electron chi connectivity index (χ4n) is 4.50. The minimum Gasteiger partial charge on any atom is -0.399 e. The molecule has 0 aliphatic carbocycles. The summed E-state index contributed by atoms with van der Waals surface area (Å²) in [5.41, 5.74) is 16.3. The lowest BCUT2D eigenvalue weighted by molar-refractivity contribution is 0.382. The van der Waals surface area contributed by atoms with E-state index in [0.717, 1.165) is 12.1 Å². The first-order chi connectivity index (χ1) is 14.8. The topological polar surface area (TPSA) is 26.0 Å². The Bertz CT molecular complexity index is 1020. The molecule has 0 heterocycles. The second kappa shape index (κ2) is 10.0. The zero-order valence-electron chi connectivity index (χ0n) is 19.9. The maximum atomic E-state index is 5.97. The molecule has 3 aromatic rings. The SMILES string of the molecule is CCc1c(-c2ccc(N)cc2)ccc(-c2ccccc2)c1C(C=C(C)C)C(C)C(C)C. The van der Waals surface area contributed by atoms with Crippen molar-refractivity contribution in [1.29, 1.82) is 0 Å². The van der Waals surface area contributed by atoms with E-state index in [9.17, 15) is 0 Å². The van der Waals surface area contributed by atoms with Crippen molar-refractivity contribution in [1.82, 2.24) is 0 Å². The van der Waals surface area contributed by atoms with Gasteiger partial charge in [-0.25, -0.2) is 0 Å². The molecule has 1 heteroatoms. The molecule has 2 atom stereocenters. The molecule has 162 valence electrons. The third-order valence-corrected chi connectivity index (χ3v) is 6.48. The highest BCUT2D eigenvalue weighted by Gasteiger charge is 2.26. The van der Waals surface area contributed by atoms with Gasteiger partial charge < -0.3 is 5.73 Å². The van der Waals surface area contributed by atoms with Gasteiger partial charge in [-0.2, -0.15) is 0 Å². The van der Waals surface area contributed by atoms with Gasteiger partial charge >= 0.3 is 0 Å². The van der Waals surface area contributed by atoms with Gasteiger partial charge in [-0.15, -0.1) is 0 Å². The molecule has 0 bridgehead atoms. The van der Waals surface area contributed by atoms with E-state index in [1.165, 1.54) is 39.0 Å². The molecule has 0 radical (unpaired) electrons. The van der Waals surface area contributed by atoms with Gasteiger partial charge in [-0.3, -0.25) is 0 Å². The average molecular weight is 412 g/mol. The molecular formula is C30H37N. The van der Waals surface area contributed by atoms with Crippen molar-refractivity contribution in [3.05, 3.63) is 89.5 Å². The molecule has 0 saturated carbocycles. The predicted octanol–water partition coefficient (Wildman–Crippen LogP) is 8.51. The van der Waals surface area contributed by atoms with Crippen molar-refractivity contribution in [2.24, 2.45) is 11.8 Å². The molecule has 0 aliphatic heterocycles. The van der Waals surface area contributed by atoms with Crippen molar-refractivity contribution in [2.45, 2.75) is 53.9 Å². The molecule has 2 N–H and O–H groups in total. The highest BCUT2D eigenvalue weighted by molar-refractivity contribution is 5.79. The Morgan fingerprint density at radius 1 is 0.806 bits per heavy atom. The van der Waals surface area contributed by atoms with E-state index >= 15 is 0 Å². The lowest BCUT2D eigenvalue weighted by Gasteiger charge is -2.31. The van der Waals surface area contributed by atoms with E-state index in [1.807, 2.05) is 12.1 Å². The lowest BCUT2D eigenvalue weighted by atomic mass is 9.73. The number of anilines is 1. The third-order valence-electron chi connectivity index (χ3n) is 6.48. The summed E-state index contributed by atoms with van der Waals surface area (Å²) in [4.78, 5) is 0. The van der Waals surface area contributed by atoms with E-state index in [0.29, 0.717) is 17.8 Å². The number of benzene rings is 3. The Kier molecular flexibility index (Phi) is 7.38. The molecular weight excluding hydrogens is 374 g/mol. The number of nitrogen functional groups attached to an aromatic ring is 1. The molecule has 0 fully saturated rings. The van der Waals surface area contributed by atoms with Gasteiger partial charge in [0, 0.05) is 11.6 Å². The fourth-order valence-corrected chi connectivity index (χ4v) is 4.50. The Labute approximate surface area is 189 Å². The Hall–Kier alpha value is -2.80. The van der Waals surface area contributed by atoms with Crippen LogP contribution in [-0.2, 0) is 6.42 Å². The molecule has 0 aliphatic rings. The van der Waals surface area contributed by atoms with Crippen LogP contribution in [0.25, 0.3) is 22.3 Å². The quantitative estimate of drug-likeness (QED) is 0.306. The molecule has 0 spiro atoms. The summed E-state index contributed by atoms with van der Waals surface area (Å²) in [6.07, 6.45) is 3.48. The summed E-state index contributed by atoms with van der Waals surface area (Å²) in [6, 6.07) is 23.8. The maximum Gasteiger partial charge on any atom is 0.0314 e. The van der Waals surface area contributed by atoms with E-state index in [-0.39, 0.29) is 0 Å². The summed E-state index contributed by atoms with van der Waals surface area (Å²) in [7, 11) is 0. The van der Waals surface area contributed by atoms with Gasteiger partial charge in [0.25, 0.3) is 0 Å². The standard InChI is InChI=1S/C30H37N/c1-7-26-27(24-13-15-25(31)16-14-24)17-18-28(23-11-9-8-10-12-23)30(26)29(19-20(2)3)22(6)21(4)5/h8-19,21-22,29H,7,31H2,1-6H3. The molecule has 1 nitrogen and oxygen atoms in total. The molecule has 31 heavy (non-hydrogen) atoms. The van der Waals surface area contributed by atoms with Gasteiger partial charge in [0.05, 0.1) is 0 Å². The van der Waals surface area contributed by atoms with Crippen LogP contribution in [0.5, 0.6) is 0 Å². The second-order valence-electron chi connectivity index (χ2n) is 9.27. The molecule has 3 aromatic carbocycles. The molecule has 0 saturated heterocycles. The number of nitrogens with two attached hydrogens (primary N) is 1. The Morgan fingerprint density at radius 3 is 1.94 bits per heavy atom. The van der Waals surface area contributed by atoms with Crippen molar-refractivity contribution in [3.8, 4) is 22.3 Å². The van der Waals surface area contributed by atoms with Crippen LogP contribution in [-0.4, -0.2) is 0 Å². The minimum atomic E-state index is 0.365. The normalized spacial score (nSPS) is 13.1. The average Bonchev–Trinajstić information content (AvgIpc) is 2.77. The van der Waals surface area contributed by atoms with Gasteiger partial charge in [0.2, 0.25) is 0 Å². The predicted molar refractivity (Wildman–Crippen MR) is 137 cm³/mol. The highest BCUT2D eigenvalue weighted by atomic mass is 14.5. The maximum absolute atomic E-state index is 5.97. The van der Waals surface area contributed by atoms with Crippen LogP contribution >= 0.6 is 0 Å². The summed E-state index contributed by atoms with van der Waals surface area (Å²) >= 11 is 0. The van der Waals surface area contributed by atoms with E-state index in [4.69, 9.17) is 5.73 Å². The van der Waals surface area contributed by atoms with Crippen molar-refractivity contribution in [2.75, 3.05) is 5.73 Å². The van der Waals surface area contributed by atoms with E-state index in [2.05, 4.69) is 102 Å². The van der Waals surface area contributed by atoms with Crippen molar-refractivity contribution < 1.29 is 0 Å². The summed E-state index contributed by atoms with van der Waals surface area (Å²) < 4.78 is 0. The Balaban J connectivity index is 2.36.